The number of benzene rings is 1. The highest BCUT2D eigenvalue weighted by atomic mass is 16.4. The second-order valence-corrected chi connectivity index (χ2v) is 4.33. The van der Waals surface area contributed by atoms with Gasteiger partial charge in [-0.25, -0.2) is 0 Å². The first-order valence-corrected chi connectivity index (χ1v) is 5.90. The van der Waals surface area contributed by atoms with Crippen LogP contribution < -0.4 is 0 Å². The molecular formula is C13H19NO4. The quantitative estimate of drug-likeness (QED) is 0.673. The Hall–Kier alpha value is -1.75. The van der Waals surface area contributed by atoms with Gasteiger partial charge in [0.2, 0.25) is 0 Å². The third kappa shape index (κ3) is 3.92. The number of aromatic hydroxyl groups is 2. The van der Waals surface area contributed by atoms with Crippen LogP contribution in [0.2, 0.25) is 0 Å². The first kappa shape index (κ1) is 14.3. The standard InChI is InChI=1S/C13H19NO4/c1-3-14(9(2)6-13(17)18)8-10-4-5-11(15)12(16)7-10/h4-5,7,9,15-16H,3,6,8H2,1-2H3,(H,17,18). The number of carbonyl (C=O) groups is 1. The van der Waals surface area contributed by atoms with Crippen molar-refractivity contribution < 1.29 is 20.1 Å². The van der Waals surface area contributed by atoms with E-state index in [4.69, 9.17) is 5.11 Å². The monoisotopic (exact) mass is 253 g/mol. The molecule has 100 valence electrons. The maximum atomic E-state index is 10.7. The highest BCUT2D eigenvalue weighted by Crippen LogP contribution is 2.25. The van der Waals surface area contributed by atoms with Crippen LogP contribution in [0.25, 0.3) is 0 Å². The first-order chi connectivity index (χ1) is 8.43. The summed E-state index contributed by atoms with van der Waals surface area (Å²) < 4.78 is 0. The largest absolute Gasteiger partial charge is 0.504 e. The van der Waals surface area contributed by atoms with Crippen LogP contribution in [0.15, 0.2) is 18.2 Å². The molecule has 0 saturated heterocycles. The predicted octanol–water partition coefficient (Wildman–Crippen LogP) is 1.78. The minimum Gasteiger partial charge on any atom is -0.504 e. The van der Waals surface area contributed by atoms with Gasteiger partial charge >= 0.3 is 5.97 Å². The molecule has 0 aliphatic rings. The minimum atomic E-state index is -0.825. The average Bonchev–Trinajstić information content (AvgIpc) is 2.29. The van der Waals surface area contributed by atoms with E-state index in [0.29, 0.717) is 6.54 Å². The molecule has 0 saturated carbocycles. The molecule has 18 heavy (non-hydrogen) atoms. The van der Waals surface area contributed by atoms with E-state index in [9.17, 15) is 15.0 Å². The van der Waals surface area contributed by atoms with Gasteiger partial charge in [-0.2, -0.15) is 0 Å². The van der Waals surface area contributed by atoms with Gasteiger partial charge in [-0.05, 0) is 31.2 Å². The van der Waals surface area contributed by atoms with E-state index >= 15 is 0 Å². The lowest BCUT2D eigenvalue weighted by atomic mass is 10.1. The summed E-state index contributed by atoms with van der Waals surface area (Å²) in [5.74, 6) is -1.13. The summed E-state index contributed by atoms with van der Waals surface area (Å²) in [5.41, 5.74) is 0.837. The van der Waals surface area contributed by atoms with Gasteiger partial charge in [0.15, 0.2) is 11.5 Å². The van der Waals surface area contributed by atoms with Crippen molar-refractivity contribution in [1.29, 1.82) is 0 Å². The summed E-state index contributed by atoms with van der Waals surface area (Å²) >= 11 is 0. The Morgan fingerprint density at radius 3 is 2.50 bits per heavy atom. The SMILES string of the molecule is CCN(Cc1ccc(O)c(O)c1)C(C)CC(=O)O. The van der Waals surface area contributed by atoms with Crippen LogP contribution in [0.4, 0.5) is 0 Å². The zero-order valence-electron chi connectivity index (χ0n) is 10.6. The zero-order chi connectivity index (χ0) is 13.7. The van der Waals surface area contributed by atoms with E-state index in [1.165, 1.54) is 12.1 Å². The number of nitrogens with zero attached hydrogens (tertiary/aromatic N) is 1. The summed E-state index contributed by atoms with van der Waals surface area (Å²) in [4.78, 5) is 12.7. The summed E-state index contributed by atoms with van der Waals surface area (Å²) in [6.45, 7) is 5.07. The fourth-order valence-corrected chi connectivity index (χ4v) is 1.86. The van der Waals surface area contributed by atoms with Gasteiger partial charge in [0.1, 0.15) is 0 Å². The number of aliphatic carboxylic acids is 1. The van der Waals surface area contributed by atoms with Crippen LogP contribution in [-0.2, 0) is 11.3 Å². The van der Waals surface area contributed by atoms with Crippen LogP contribution in [0.1, 0.15) is 25.8 Å². The number of carboxylic acid groups (broad SMARTS) is 1. The van der Waals surface area contributed by atoms with Crippen molar-refractivity contribution in [3.8, 4) is 11.5 Å². The van der Waals surface area contributed by atoms with Gasteiger partial charge in [0.25, 0.3) is 0 Å². The van der Waals surface area contributed by atoms with Crippen molar-refractivity contribution in [2.75, 3.05) is 6.54 Å². The van der Waals surface area contributed by atoms with Crippen LogP contribution >= 0.6 is 0 Å². The van der Waals surface area contributed by atoms with E-state index in [1.807, 2.05) is 18.7 Å². The number of hydrogen-bond donors (Lipinski definition) is 3. The van der Waals surface area contributed by atoms with Gasteiger partial charge in [-0.1, -0.05) is 13.0 Å². The van der Waals surface area contributed by atoms with Crippen LogP contribution in [-0.4, -0.2) is 38.8 Å². The Balaban J connectivity index is 2.72. The van der Waals surface area contributed by atoms with Gasteiger partial charge in [-0.3, -0.25) is 9.69 Å². The number of hydrogen-bond acceptors (Lipinski definition) is 4. The van der Waals surface area contributed by atoms with Crippen molar-refractivity contribution in [3.05, 3.63) is 23.8 Å². The molecule has 0 spiro atoms. The van der Waals surface area contributed by atoms with Crippen LogP contribution in [0, 0.1) is 0 Å². The summed E-state index contributed by atoms with van der Waals surface area (Å²) in [6, 6.07) is 4.56. The van der Waals surface area contributed by atoms with E-state index in [-0.39, 0.29) is 24.0 Å². The molecular weight excluding hydrogens is 234 g/mol. The lowest BCUT2D eigenvalue weighted by Crippen LogP contribution is -2.34. The fraction of sp³-hybridized carbons (Fsp3) is 0.462. The molecule has 5 heteroatoms. The molecule has 0 aromatic heterocycles. The molecule has 0 amide bonds. The lowest BCUT2D eigenvalue weighted by molar-refractivity contribution is -0.138. The maximum Gasteiger partial charge on any atom is 0.304 e. The summed E-state index contributed by atoms with van der Waals surface area (Å²) in [7, 11) is 0. The highest BCUT2D eigenvalue weighted by Gasteiger charge is 2.16. The second-order valence-electron chi connectivity index (χ2n) is 4.33. The molecule has 0 heterocycles. The van der Waals surface area contributed by atoms with Crippen LogP contribution in [0.5, 0.6) is 11.5 Å². The number of phenols is 2. The van der Waals surface area contributed by atoms with Crippen molar-refractivity contribution in [1.82, 2.24) is 4.90 Å². The molecule has 0 aliphatic carbocycles. The molecule has 1 rings (SSSR count). The number of phenolic OH excluding ortho intramolecular Hbond substituents is 2. The van der Waals surface area contributed by atoms with Crippen molar-refractivity contribution in [2.24, 2.45) is 0 Å². The topological polar surface area (TPSA) is 81.0 Å². The molecule has 0 aliphatic heterocycles. The van der Waals surface area contributed by atoms with Crippen LogP contribution in [0.3, 0.4) is 0 Å². The Labute approximate surface area is 106 Å². The van der Waals surface area contributed by atoms with E-state index < -0.39 is 5.97 Å². The predicted molar refractivity (Wildman–Crippen MR) is 67.6 cm³/mol. The molecule has 1 aromatic carbocycles. The molecule has 1 unspecified atom stereocenters. The molecule has 0 radical (unpaired) electrons. The van der Waals surface area contributed by atoms with E-state index in [0.717, 1.165) is 12.1 Å². The third-order valence-corrected chi connectivity index (χ3v) is 2.93. The molecule has 5 nitrogen and oxygen atoms in total. The first-order valence-electron chi connectivity index (χ1n) is 5.90. The Kier molecular flexibility index (Phi) is 4.97. The fourth-order valence-electron chi connectivity index (χ4n) is 1.86. The molecule has 0 fully saturated rings. The normalized spacial score (nSPS) is 12.6. The maximum absolute atomic E-state index is 10.7. The number of rotatable bonds is 6. The van der Waals surface area contributed by atoms with Crippen molar-refractivity contribution in [3.63, 3.8) is 0 Å². The third-order valence-electron chi connectivity index (χ3n) is 2.93. The van der Waals surface area contributed by atoms with Gasteiger partial charge < -0.3 is 15.3 Å². The summed E-state index contributed by atoms with van der Waals surface area (Å²) in [5, 5.41) is 27.4. The van der Waals surface area contributed by atoms with Crippen molar-refractivity contribution in [2.45, 2.75) is 32.9 Å². The van der Waals surface area contributed by atoms with Gasteiger partial charge in [0.05, 0.1) is 6.42 Å². The lowest BCUT2D eigenvalue weighted by Gasteiger charge is -2.26. The van der Waals surface area contributed by atoms with Crippen molar-refractivity contribution >= 4 is 5.97 Å². The minimum absolute atomic E-state index is 0.0801. The van der Waals surface area contributed by atoms with Gasteiger partial charge in [-0.15, -0.1) is 0 Å². The molecule has 3 N–H and O–H groups in total. The van der Waals surface area contributed by atoms with E-state index in [1.54, 1.807) is 6.07 Å². The smallest absolute Gasteiger partial charge is 0.304 e. The zero-order valence-corrected chi connectivity index (χ0v) is 10.6. The highest BCUT2D eigenvalue weighted by molar-refractivity contribution is 5.67. The summed E-state index contributed by atoms with van der Waals surface area (Å²) in [6.07, 6.45) is 0.0813. The second kappa shape index (κ2) is 6.26. The Morgan fingerprint density at radius 2 is 2.00 bits per heavy atom. The molecule has 1 aromatic rings. The number of carboxylic acids is 1. The average molecular weight is 253 g/mol. The Bertz CT molecular complexity index is 419. The molecule has 1 atom stereocenters. The van der Waals surface area contributed by atoms with Gasteiger partial charge in [0, 0.05) is 12.6 Å². The Morgan fingerprint density at radius 1 is 1.33 bits per heavy atom. The molecule has 0 bridgehead atoms. The van der Waals surface area contributed by atoms with E-state index in [2.05, 4.69) is 0 Å².